The normalized spacial score (nSPS) is 11.1. The lowest BCUT2D eigenvalue weighted by atomic mass is 10.2. The summed E-state index contributed by atoms with van der Waals surface area (Å²) < 4.78 is 7.16. The first-order chi connectivity index (χ1) is 13.5. The number of imidazole rings is 1. The van der Waals surface area contributed by atoms with Gasteiger partial charge in [-0.25, -0.2) is 14.8 Å². The summed E-state index contributed by atoms with van der Waals surface area (Å²) in [6, 6.07) is 12.8. The second-order valence-electron chi connectivity index (χ2n) is 6.60. The Morgan fingerprint density at radius 1 is 1.14 bits per heavy atom. The van der Waals surface area contributed by atoms with Gasteiger partial charge >= 0.3 is 5.97 Å². The minimum absolute atomic E-state index is 0.222. The number of carbonyl (C=O) groups is 1. The predicted molar refractivity (Wildman–Crippen MR) is 107 cm³/mol. The van der Waals surface area contributed by atoms with Gasteiger partial charge in [-0.3, -0.25) is 4.40 Å². The van der Waals surface area contributed by atoms with Crippen LogP contribution in [0.5, 0.6) is 5.75 Å². The second-order valence-corrected chi connectivity index (χ2v) is 6.60. The standard InChI is InChI=1S/C21H20N4O3/c1-12-19-20(22-11-14-4-7-16(28-3)8-5-14)24-17-9-6-15(21(26)27)10-18(17)25(19)13(2)23-12/h4-10H,11H2,1-3H3,(H,22,24)(H,26,27). The number of carboxylic acid groups (broad SMARTS) is 1. The number of aromatic carboxylic acids is 1. The molecule has 7 nitrogen and oxygen atoms in total. The van der Waals surface area contributed by atoms with Crippen LogP contribution in [0.4, 0.5) is 5.82 Å². The summed E-state index contributed by atoms with van der Waals surface area (Å²) >= 11 is 0. The van der Waals surface area contributed by atoms with E-state index in [-0.39, 0.29) is 5.56 Å². The van der Waals surface area contributed by atoms with Gasteiger partial charge in [-0.05, 0) is 49.7 Å². The van der Waals surface area contributed by atoms with Gasteiger partial charge in [-0.1, -0.05) is 12.1 Å². The maximum Gasteiger partial charge on any atom is 0.335 e. The topological polar surface area (TPSA) is 88.8 Å². The average molecular weight is 376 g/mol. The number of rotatable bonds is 5. The van der Waals surface area contributed by atoms with E-state index >= 15 is 0 Å². The molecule has 142 valence electrons. The average Bonchev–Trinajstić information content (AvgIpc) is 3.00. The number of nitrogens with zero attached hydrogens (tertiary/aromatic N) is 3. The first-order valence-corrected chi connectivity index (χ1v) is 8.87. The number of methoxy groups -OCH3 is 1. The van der Waals surface area contributed by atoms with Gasteiger partial charge in [-0.15, -0.1) is 0 Å². The van der Waals surface area contributed by atoms with Gasteiger partial charge in [0.1, 0.15) is 17.1 Å². The van der Waals surface area contributed by atoms with Crippen LogP contribution in [-0.4, -0.2) is 32.6 Å². The van der Waals surface area contributed by atoms with Gasteiger partial charge in [0.25, 0.3) is 0 Å². The first-order valence-electron chi connectivity index (χ1n) is 8.87. The lowest BCUT2D eigenvalue weighted by Crippen LogP contribution is -2.06. The van der Waals surface area contributed by atoms with Gasteiger partial charge in [0.2, 0.25) is 0 Å². The van der Waals surface area contributed by atoms with Crippen molar-refractivity contribution in [3.63, 3.8) is 0 Å². The fourth-order valence-electron chi connectivity index (χ4n) is 3.40. The van der Waals surface area contributed by atoms with Gasteiger partial charge < -0.3 is 15.2 Å². The molecule has 2 heterocycles. The Morgan fingerprint density at radius 3 is 2.57 bits per heavy atom. The van der Waals surface area contributed by atoms with Crippen molar-refractivity contribution in [3.05, 3.63) is 65.1 Å². The third kappa shape index (κ3) is 3.00. The van der Waals surface area contributed by atoms with Crippen molar-refractivity contribution < 1.29 is 14.6 Å². The molecule has 0 amide bonds. The molecule has 0 unspecified atom stereocenters. The smallest absolute Gasteiger partial charge is 0.335 e. The first kappa shape index (κ1) is 17.8. The molecule has 0 saturated carbocycles. The maximum absolute atomic E-state index is 11.4. The molecule has 0 spiro atoms. The molecule has 0 aliphatic carbocycles. The molecule has 0 aliphatic rings. The van der Waals surface area contributed by atoms with E-state index in [9.17, 15) is 9.90 Å². The van der Waals surface area contributed by atoms with Crippen LogP contribution in [0.15, 0.2) is 42.5 Å². The number of nitrogens with one attached hydrogen (secondary N) is 1. The Bertz CT molecular complexity index is 1200. The Morgan fingerprint density at radius 2 is 1.89 bits per heavy atom. The number of carboxylic acids is 1. The van der Waals surface area contributed by atoms with Crippen LogP contribution in [-0.2, 0) is 6.54 Å². The van der Waals surface area contributed by atoms with Crippen molar-refractivity contribution in [2.24, 2.45) is 0 Å². The maximum atomic E-state index is 11.4. The van der Waals surface area contributed by atoms with E-state index in [1.165, 1.54) is 0 Å². The lowest BCUT2D eigenvalue weighted by Gasteiger charge is -2.12. The van der Waals surface area contributed by atoms with Crippen molar-refractivity contribution >= 4 is 28.3 Å². The zero-order valence-corrected chi connectivity index (χ0v) is 15.9. The minimum Gasteiger partial charge on any atom is -0.497 e. The van der Waals surface area contributed by atoms with Crippen molar-refractivity contribution in [2.45, 2.75) is 20.4 Å². The minimum atomic E-state index is -0.966. The van der Waals surface area contributed by atoms with Crippen LogP contribution < -0.4 is 10.1 Å². The Labute approximate surface area is 161 Å². The predicted octanol–water partition coefficient (Wildman–Crippen LogP) is 3.82. The van der Waals surface area contributed by atoms with E-state index < -0.39 is 5.97 Å². The lowest BCUT2D eigenvalue weighted by molar-refractivity contribution is 0.0697. The molecule has 7 heteroatoms. The molecule has 2 N–H and O–H groups in total. The molecule has 0 fully saturated rings. The zero-order valence-electron chi connectivity index (χ0n) is 15.9. The van der Waals surface area contributed by atoms with Crippen LogP contribution in [0.25, 0.3) is 16.6 Å². The van der Waals surface area contributed by atoms with Crippen LogP contribution in [0.2, 0.25) is 0 Å². The summed E-state index contributed by atoms with van der Waals surface area (Å²) in [4.78, 5) is 20.7. The van der Waals surface area contributed by atoms with Crippen LogP contribution >= 0.6 is 0 Å². The van der Waals surface area contributed by atoms with E-state index in [4.69, 9.17) is 9.72 Å². The molecule has 0 atom stereocenters. The van der Waals surface area contributed by atoms with E-state index in [2.05, 4.69) is 10.3 Å². The van der Waals surface area contributed by atoms with E-state index in [0.29, 0.717) is 17.9 Å². The highest BCUT2D eigenvalue weighted by Gasteiger charge is 2.16. The van der Waals surface area contributed by atoms with E-state index in [1.807, 2.05) is 42.5 Å². The third-order valence-electron chi connectivity index (χ3n) is 4.76. The van der Waals surface area contributed by atoms with Crippen molar-refractivity contribution in [1.29, 1.82) is 0 Å². The van der Waals surface area contributed by atoms with Gasteiger partial charge in [0, 0.05) is 6.54 Å². The number of hydrogen-bond acceptors (Lipinski definition) is 5. The largest absolute Gasteiger partial charge is 0.497 e. The SMILES string of the molecule is COc1ccc(CNc2nc3ccc(C(=O)O)cc3n3c(C)nc(C)c23)cc1. The molecule has 0 radical (unpaired) electrons. The summed E-state index contributed by atoms with van der Waals surface area (Å²) in [7, 11) is 1.64. The number of anilines is 1. The molecule has 4 aromatic rings. The summed E-state index contributed by atoms with van der Waals surface area (Å²) in [6.45, 7) is 4.42. The highest BCUT2D eigenvalue weighted by Crippen LogP contribution is 2.27. The Kier molecular flexibility index (Phi) is 4.35. The van der Waals surface area contributed by atoms with Crippen molar-refractivity contribution in [2.75, 3.05) is 12.4 Å². The summed E-state index contributed by atoms with van der Waals surface area (Å²) in [5, 5.41) is 12.7. The van der Waals surface area contributed by atoms with E-state index in [0.717, 1.165) is 33.9 Å². The summed E-state index contributed by atoms with van der Waals surface area (Å²) in [5.41, 5.74) is 4.43. The number of aryl methyl sites for hydroxylation is 2. The molecular weight excluding hydrogens is 356 g/mol. The molecule has 0 bridgehead atoms. The van der Waals surface area contributed by atoms with Crippen LogP contribution in [0.3, 0.4) is 0 Å². The fourth-order valence-corrected chi connectivity index (χ4v) is 3.40. The second kappa shape index (κ2) is 6.84. The number of hydrogen-bond donors (Lipinski definition) is 2. The molecule has 4 rings (SSSR count). The molecule has 2 aromatic heterocycles. The van der Waals surface area contributed by atoms with Gasteiger partial charge in [0.05, 0.1) is 29.4 Å². The zero-order chi connectivity index (χ0) is 19.8. The number of ether oxygens (including phenoxy) is 1. The molecule has 0 aliphatic heterocycles. The van der Waals surface area contributed by atoms with Gasteiger partial charge in [0.15, 0.2) is 5.82 Å². The fraction of sp³-hybridized carbons (Fsp3) is 0.190. The number of aromatic nitrogens is 3. The highest BCUT2D eigenvalue weighted by atomic mass is 16.5. The quantitative estimate of drug-likeness (QED) is 0.550. The van der Waals surface area contributed by atoms with Crippen molar-refractivity contribution in [3.8, 4) is 5.75 Å². The highest BCUT2D eigenvalue weighted by molar-refractivity contribution is 5.94. The number of fused-ring (bicyclic) bond motifs is 3. The summed E-state index contributed by atoms with van der Waals surface area (Å²) in [6.07, 6.45) is 0. The monoisotopic (exact) mass is 376 g/mol. The third-order valence-corrected chi connectivity index (χ3v) is 4.76. The molecular formula is C21H20N4O3. The van der Waals surface area contributed by atoms with Crippen LogP contribution in [0.1, 0.15) is 27.4 Å². The van der Waals surface area contributed by atoms with E-state index in [1.54, 1.807) is 25.3 Å². The Balaban J connectivity index is 1.80. The van der Waals surface area contributed by atoms with Gasteiger partial charge in [-0.2, -0.15) is 0 Å². The Hall–Kier alpha value is -3.61. The summed E-state index contributed by atoms with van der Waals surface area (Å²) in [5.74, 6) is 1.34. The molecule has 0 saturated heterocycles. The number of benzene rings is 2. The van der Waals surface area contributed by atoms with Crippen LogP contribution in [0, 0.1) is 13.8 Å². The molecule has 28 heavy (non-hydrogen) atoms. The van der Waals surface area contributed by atoms with Crippen molar-refractivity contribution in [1.82, 2.24) is 14.4 Å². The molecule has 2 aromatic carbocycles.